The van der Waals surface area contributed by atoms with Crippen molar-refractivity contribution in [3.8, 4) is 11.5 Å². The topological polar surface area (TPSA) is 51.6 Å². The van der Waals surface area contributed by atoms with Crippen molar-refractivity contribution in [3.05, 3.63) is 38.3 Å². The Bertz CT molecular complexity index is 600. The zero-order valence-corrected chi connectivity index (χ0v) is 13.9. The van der Waals surface area contributed by atoms with Gasteiger partial charge in [0.2, 0.25) is 0 Å². The Kier molecular flexibility index (Phi) is 5.01. The Morgan fingerprint density at radius 1 is 1.35 bits per heavy atom. The number of methoxy groups -OCH3 is 2. The quantitative estimate of drug-likeness (QED) is 0.889. The van der Waals surface area contributed by atoms with Gasteiger partial charge < -0.3 is 14.6 Å². The maximum absolute atomic E-state index is 10.4. The number of nitrogens with zero attached hydrogens (tertiary/aromatic N) is 1. The van der Waals surface area contributed by atoms with E-state index in [1.54, 1.807) is 31.6 Å². The molecule has 1 heterocycles. The summed E-state index contributed by atoms with van der Waals surface area (Å²) in [6, 6.07) is 3.62. The summed E-state index contributed by atoms with van der Waals surface area (Å²) in [6.45, 7) is 1.94. The van der Waals surface area contributed by atoms with Crippen LogP contribution in [0.25, 0.3) is 0 Å². The molecule has 1 atom stereocenters. The summed E-state index contributed by atoms with van der Waals surface area (Å²) in [5.74, 6) is 1.26. The fourth-order valence-corrected chi connectivity index (χ4v) is 3.45. The number of rotatable bonds is 5. The first-order valence-corrected chi connectivity index (χ1v) is 7.73. The predicted molar refractivity (Wildman–Crippen MR) is 82.8 cm³/mol. The maximum Gasteiger partial charge on any atom is 0.142 e. The lowest BCUT2D eigenvalue weighted by atomic mass is 10.1. The second-order valence-electron chi connectivity index (χ2n) is 4.31. The van der Waals surface area contributed by atoms with Gasteiger partial charge in [0.25, 0.3) is 0 Å². The average Bonchev–Trinajstić information content (AvgIpc) is 2.83. The average molecular weight is 358 g/mol. The molecule has 0 radical (unpaired) electrons. The van der Waals surface area contributed by atoms with Crippen molar-refractivity contribution in [1.82, 2.24) is 4.98 Å². The van der Waals surface area contributed by atoms with Gasteiger partial charge in [0.15, 0.2) is 0 Å². The van der Waals surface area contributed by atoms with Gasteiger partial charge in [-0.2, -0.15) is 0 Å². The van der Waals surface area contributed by atoms with E-state index in [1.807, 2.05) is 18.4 Å². The largest absolute Gasteiger partial charge is 0.495 e. The van der Waals surface area contributed by atoms with Crippen LogP contribution in [-0.4, -0.2) is 24.3 Å². The third kappa shape index (κ3) is 3.13. The Morgan fingerprint density at radius 3 is 2.65 bits per heavy atom. The van der Waals surface area contributed by atoms with Crippen LogP contribution in [0.2, 0.25) is 0 Å². The zero-order chi connectivity index (χ0) is 14.7. The zero-order valence-electron chi connectivity index (χ0n) is 11.5. The molecule has 0 aliphatic carbocycles. The molecule has 0 fully saturated rings. The Labute approximate surface area is 130 Å². The summed E-state index contributed by atoms with van der Waals surface area (Å²) in [7, 11) is 3.16. The van der Waals surface area contributed by atoms with Crippen molar-refractivity contribution in [2.75, 3.05) is 14.2 Å². The molecule has 6 heteroatoms. The van der Waals surface area contributed by atoms with Gasteiger partial charge in [-0.3, -0.25) is 0 Å². The van der Waals surface area contributed by atoms with Gasteiger partial charge >= 0.3 is 0 Å². The van der Waals surface area contributed by atoms with Crippen molar-refractivity contribution >= 4 is 27.3 Å². The Balaban J connectivity index is 2.29. The van der Waals surface area contributed by atoms with E-state index >= 15 is 0 Å². The molecule has 0 aliphatic rings. The second kappa shape index (κ2) is 6.56. The van der Waals surface area contributed by atoms with Crippen LogP contribution >= 0.6 is 27.3 Å². The lowest BCUT2D eigenvalue weighted by Gasteiger charge is -2.17. The maximum atomic E-state index is 10.4. The van der Waals surface area contributed by atoms with Gasteiger partial charge in [0.05, 0.1) is 25.3 Å². The van der Waals surface area contributed by atoms with Crippen molar-refractivity contribution in [2.24, 2.45) is 0 Å². The summed E-state index contributed by atoms with van der Waals surface area (Å²) in [5.41, 5.74) is 1.69. The van der Waals surface area contributed by atoms with Crippen LogP contribution in [0.4, 0.5) is 0 Å². The molecule has 0 spiro atoms. The van der Waals surface area contributed by atoms with Gasteiger partial charge in [-0.15, -0.1) is 11.3 Å². The summed E-state index contributed by atoms with van der Waals surface area (Å²) in [4.78, 5) is 4.37. The number of aromatic nitrogens is 1. The highest BCUT2D eigenvalue weighted by molar-refractivity contribution is 9.10. The van der Waals surface area contributed by atoms with Crippen molar-refractivity contribution in [3.63, 3.8) is 0 Å². The molecule has 0 saturated carbocycles. The first kappa shape index (κ1) is 15.3. The lowest BCUT2D eigenvalue weighted by Crippen LogP contribution is -2.05. The first-order chi connectivity index (χ1) is 9.56. The molecule has 0 amide bonds. The molecule has 0 saturated heterocycles. The van der Waals surface area contributed by atoms with Gasteiger partial charge in [-0.25, -0.2) is 4.98 Å². The molecule has 1 aromatic carbocycles. The fraction of sp³-hybridized carbons (Fsp3) is 0.357. The first-order valence-electron chi connectivity index (χ1n) is 6.06. The number of ether oxygens (including phenoxy) is 2. The third-order valence-electron chi connectivity index (χ3n) is 2.91. The lowest BCUT2D eigenvalue weighted by molar-refractivity contribution is 0.173. The standard InChI is InChI=1S/C14H16BrNO3S/c1-8-7-20-12(16-8)6-10(17)9-4-5-11(18-2)13(15)14(9)19-3/h4-5,7,10,17H,6H2,1-3H3. The summed E-state index contributed by atoms with van der Waals surface area (Å²) >= 11 is 4.99. The van der Waals surface area contributed by atoms with E-state index in [9.17, 15) is 5.11 Å². The molecule has 2 rings (SSSR count). The Morgan fingerprint density at radius 2 is 2.10 bits per heavy atom. The van der Waals surface area contributed by atoms with Crippen LogP contribution < -0.4 is 9.47 Å². The van der Waals surface area contributed by atoms with Gasteiger partial charge in [-0.05, 0) is 35.0 Å². The van der Waals surface area contributed by atoms with E-state index < -0.39 is 6.10 Å². The highest BCUT2D eigenvalue weighted by atomic mass is 79.9. The fourth-order valence-electron chi connectivity index (χ4n) is 1.95. The number of benzene rings is 1. The number of thiazole rings is 1. The number of aliphatic hydroxyl groups excluding tert-OH is 1. The van der Waals surface area contributed by atoms with Crippen LogP contribution in [0.3, 0.4) is 0 Å². The molecule has 1 N–H and O–H groups in total. The normalized spacial score (nSPS) is 12.2. The summed E-state index contributed by atoms with van der Waals surface area (Å²) < 4.78 is 11.3. The number of halogens is 1. The van der Waals surface area contributed by atoms with E-state index in [2.05, 4.69) is 20.9 Å². The van der Waals surface area contributed by atoms with Crippen molar-refractivity contribution < 1.29 is 14.6 Å². The van der Waals surface area contributed by atoms with Crippen LogP contribution in [0.5, 0.6) is 11.5 Å². The predicted octanol–water partition coefficient (Wildman–Crippen LogP) is 3.51. The number of hydrogen-bond donors (Lipinski definition) is 1. The summed E-state index contributed by atoms with van der Waals surface area (Å²) in [5, 5.41) is 13.3. The van der Waals surface area contributed by atoms with Crippen LogP contribution in [-0.2, 0) is 6.42 Å². The molecule has 0 aliphatic heterocycles. The molecule has 0 bridgehead atoms. The second-order valence-corrected chi connectivity index (χ2v) is 6.04. The Hall–Kier alpha value is -1.11. The molecule has 20 heavy (non-hydrogen) atoms. The van der Waals surface area contributed by atoms with Gasteiger partial charge in [0.1, 0.15) is 16.0 Å². The molecule has 1 aromatic heterocycles. The number of aryl methyl sites for hydroxylation is 1. The molecule has 108 valence electrons. The molecular formula is C14H16BrNO3S. The minimum atomic E-state index is -0.669. The molecule has 1 unspecified atom stereocenters. The van der Waals surface area contributed by atoms with E-state index in [4.69, 9.17) is 9.47 Å². The molecule has 4 nitrogen and oxygen atoms in total. The minimum absolute atomic E-state index is 0.466. The minimum Gasteiger partial charge on any atom is -0.495 e. The third-order valence-corrected chi connectivity index (χ3v) is 4.65. The monoisotopic (exact) mass is 357 g/mol. The van der Waals surface area contributed by atoms with Gasteiger partial charge in [0, 0.05) is 23.1 Å². The highest BCUT2D eigenvalue weighted by Gasteiger charge is 2.20. The van der Waals surface area contributed by atoms with E-state index in [1.165, 1.54) is 0 Å². The van der Waals surface area contributed by atoms with E-state index in [0.717, 1.165) is 10.7 Å². The van der Waals surface area contributed by atoms with Crippen LogP contribution in [0.1, 0.15) is 22.4 Å². The molecular weight excluding hydrogens is 342 g/mol. The highest BCUT2D eigenvalue weighted by Crippen LogP contribution is 2.40. The number of hydrogen-bond acceptors (Lipinski definition) is 5. The van der Waals surface area contributed by atoms with Crippen molar-refractivity contribution in [2.45, 2.75) is 19.4 Å². The van der Waals surface area contributed by atoms with Crippen LogP contribution in [0.15, 0.2) is 22.0 Å². The van der Waals surface area contributed by atoms with E-state index in [0.29, 0.717) is 28.0 Å². The summed E-state index contributed by atoms with van der Waals surface area (Å²) in [6.07, 6.45) is -0.203. The molecule has 2 aromatic rings. The van der Waals surface area contributed by atoms with Crippen LogP contribution in [0, 0.1) is 6.92 Å². The smallest absolute Gasteiger partial charge is 0.142 e. The van der Waals surface area contributed by atoms with E-state index in [-0.39, 0.29) is 0 Å². The number of aliphatic hydroxyl groups is 1. The SMILES string of the molecule is COc1ccc(C(O)Cc2nc(C)cs2)c(OC)c1Br. The van der Waals surface area contributed by atoms with Crippen molar-refractivity contribution in [1.29, 1.82) is 0 Å². The van der Waals surface area contributed by atoms with Gasteiger partial charge in [-0.1, -0.05) is 0 Å².